The van der Waals surface area contributed by atoms with Crippen molar-refractivity contribution in [1.82, 2.24) is 4.98 Å². The molecule has 0 fully saturated rings. The first-order valence-corrected chi connectivity index (χ1v) is 6.91. The molecule has 2 N–H and O–H groups in total. The smallest absolute Gasteiger partial charge is 0.101 e. The minimum absolute atomic E-state index is 0.0832. The van der Waals surface area contributed by atoms with E-state index >= 15 is 0 Å². The first-order chi connectivity index (χ1) is 8.15. The first kappa shape index (κ1) is 12.6. The lowest BCUT2D eigenvalue weighted by Gasteiger charge is -2.06. The zero-order valence-corrected chi connectivity index (χ0v) is 11.8. The number of aromatic nitrogens is 1. The number of hydrogen-bond acceptors (Lipinski definition) is 3. The minimum atomic E-state index is 0.0832. The van der Waals surface area contributed by atoms with Crippen molar-refractivity contribution in [3.05, 3.63) is 52.6 Å². The van der Waals surface area contributed by atoms with E-state index in [1.54, 1.807) is 18.0 Å². The van der Waals surface area contributed by atoms with E-state index < -0.39 is 0 Å². The topological polar surface area (TPSA) is 38.9 Å². The van der Waals surface area contributed by atoms with Crippen LogP contribution in [-0.2, 0) is 0 Å². The van der Waals surface area contributed by atoms with Gasteiger partial charge in [-0.15, -0.1) is 0 Å². The Morgan fingerprint density at radius 2 is 1.88 bits per heavy atom. The summed E-state index contributed by atoms with van der Waals surface area (Å²) in [6.07, 6.45) is 1.80. The summed E-state index contributed by atoms with van der Waals surface area (Å²) in [5, 5.41) is 0.988. The van der Waals surface area contributed by atoms with Crippen LogP contribution in [0.4, 0.5) is 0 Å². The Morgan fingerprint density at radius 1 is 1.18 bits per heavy atom. The Labute approximate surface area is 114 Å². The molecule has 0 amide bonds. The fraction of sp³-hybridized carbons (Fsp3) is 0.154. The lowest BCUT2D eigenvalue weighted by Crippen LogP contribution is -2.04. The normalized spacial score (nSPS) is 12.4. The molecule has 0 aliphatic heterocycles. The fourth-order valence-electron chi connectivity index (χ4n) is 1.38. The molecule has 1 aromatic carbocycles. The second-order valence-electron chi connectivity index (χ2n) is 3.77. The molecule has 0 radical (unpaired) electrons. The molecule has 4 heteroatoms. The minimum Gasteiger partial charge on any atom is -0.324 e. The molecular formula is C13H13BrN2S. The highest BCUT2D eigenvalue weighted by Crippen LogP contribution is 2.27. The monoisotopic (exact) mass is 308 g/mol. The lowest BCUT2D eigenvalue weighted by molar-refractivity contribution is 0.817. The number of halogens is 1. The summed E-state index contributed by atoms with van der Waals surface area (Å²) in [5.74, 6) is 0. The van der Waals surface area contributed by atoms with Gasteiger partial charge in [-0.3, -0.25) is 0 Å². The van der Waals surface area contributed by atoms with Crippen molar-refractivity contribution in [3.63, 3.8) is 0 Å². The van der Waals surface area contributed by atoms with Gasteiger partial charge >= 0.3 is 0 Å². The van der Waals surface area contributed by atoms with Gasteiger partial charge in [0.25, 0.3) is 0 Å². The molecule has 0 saturated heterocycles. The van der Waals surface area contributed by atoms with Crippen LogP contribution in [0.2, 0.25) is 0 Å². The molecule has 2 aromatic rings. The van der Waals surface area contributed by atoms with Gasteiger partial charge in [0.2, 0.25) is 0 Å². The average molecular weight is 309 g/mol. The van der Waals surface area contributed by atoms with Gasteiger partial charge < -0.3 is 5.73 Å². The Hall–Kier alpha value is -0.840. The number of hydrogen-bond donors (Lipinski definition) is 1. The number of benzene rings is 1. The van der Waals surface area contributed by atoms with Crippen LogP contribution in [0.15, 0.2) is 57.0 Å². The van der Waals surface area contributed by atoms with Crippen molar-refractivity contribution >= 4 is 27.7 Å². The maximum Gasteiger partial charge on any atom is 0.101 e. The predicted octanol–water partition coefficient (Wildman–Crippen LogP) is 4.02. The Kier molecular flexibility index (Phi) is 4.20. The average Bonchev–Trinajstić information content (AvgIpc) is 2.33. The molecule has 2 rings (SSSR count). The molecule has 0 aliphatic carbocycles. The first-order valence-electron chi connectivity index (χ1n) is 5.30. The lowest BCUT2D eigenvalue weighted by atomic mass is 10.1. The number of pyridine rings is 1. The Bertz CT molecular complexity index is 480. The van der Waals surface area contributed by atoms with Gasteiger partial charge in [0, 0.05) is 21.6 Å². The van der Waals surface area contributed by atoms with Crippen molar-refractivity contribution in [1.29, 1.82) is 0 Å². The molecule has 1 aromatic heterocycles. The van der Waals surface area contributed by atoms with E-state index in [0.717, 1.165) is 15.1 Å². The summed E-state index contributed by atoms with van der Waals surface area (Å²) in [6.45, 7) is 1.98. The highest BCUT2D eigenvalue weighted by molar-refractivity contribution is 9.10. The highest BCUT2D eigenvalue weighted by Gasteiger charge is 2.01. The predicted molar refractivity (Wildman–Crippen MR) is 75.1 cm³/mol. The maximum atomic E-state index is 5.81. The maximum absolute atomic E-state index is 5.81. The van der Waals surface area contributed by atoms with Crippen molar-refractivity contribution in [3.8, 4) is 0 Å². The van der Waals surface area contributed by atoms with E-state index in [1.165, 1.54) is 4.90 Å². The summed E-state index contributed by atoms with van der Waals surface area (Å²) in [7, 11) is 0. The molecular weight excluding hydrogens is 296 g/mol. The van der Waals surface area contributed by atoms with Gasteiger partial charge in [-0.05, 0) is 52.7 Å². The number of nitrogens with two attached hydrogens (primary N) is 1. The van der Waals surface area contributed by atoms with Crippen LogP contribution < -0.4 is 5.73 Å². The van der Waals surface area contributed by atoms with Crippen LogP contribution in [0.3, 0.4) is 0 Å². The molecule has 0 unspecified atom stereocenters. The zero-order valence-electron chi connectivity index (χ0n) is 9.43. The fourth-order valence-corrected chi connectivity index (χ4v) is 2.37. The van der Waals surface area contributed by atoms with E-state index in [2.05, 4.69) is 45.2 Å². The molecule has 17 heavy (non-hydrogen) atoms. The quantitative estimate of drug-likeness (QED) is 0.931. The van der Waals surface area contributed by atoms with E-state index in [-0.39, 0.29) is 6.04 Å². The molecule has 0 saturated carbocycles. The van der Waals surface area contributed by atoms with E-state index in [4.69, 9.17) is 5.73 Å². The summed E-state index contributed by atoms with van der Waals surface area (Å²) < 4.78 is 0.995. The summed E-state index contributed by atoms with van der Waals surface area (Å²) in [6, 6.07) is 12.3. The van der Waals surface area contributed by atoms with Gasteiger partial charge in [0.05, 0.1) is 0 Å². The second-order valence-corrected chi connectivity index (χ2v) is 5.78. The number of nitrogens with zero attached hydrogens (tertiary/aromatic N) is 1. The molecule has 1 atom stereocenters. The van der Waals surface area contributed by atoms with Crippen LogP contribution in [0.5, 0.6) is 0 Å². The van der Waals surface area contributed by atoms with Crippen molar-refractivity contribution < 1.29 is 0 Å². The third-order valence-electron chi connectivity index (χ3n) is 2.33. The van der Waals surface area contributed by atoms with Crippen LogP contribution in [0, 0.1) is 0 Å². The summed E-state index contributed by atoms with van der Waals surface area (Å²) >= 11 is 5.01. The number of rotatable bonds is 3. The van der Waals surface area contributed by atoms with Gasteiger partial charge in [-0.2, -0.15) is 0 Å². The summed E-state index contributed by atoms with van der Waals surface area (Å²) in [4.78, 5) is 5.49. The van der Waals surface area contributed by atoms with Crippen molar-refractivity contribution in [2.45, 2.75) is 22.9 Å². The molecule has 1 heterocycles. The highest BCUT2D eigenvalue weighted by atomic mass is 79.9. The standard InChI is InChI=1S/C13H13BrN2S/c1-9(15)10-2-5-12(6-3-10)17-13-7-4-11(14)8-16-13/h2-9H,15H2,1H3/t9-/m1/s1. The van der Waals surface area contributed by atoms with E-state index in [9.17, 15) is 0 Å². The largest absolute Gasteiger partial charge is 0.324 e. The Balaban J connectivity index is 2.11. The van der Waals surface area contributed by atoms with E-state index in [1.807, 2.05) is 19.1 Å². The van der Waals surface area contributed by atoms with Crippen molar-refractivity contribution in [2.75, 3.05) is 0 Å². The van der Waals surface area contributed by atoms with Crippen LogP contribution in [-0.4, -0.2) is 4.98 Å². The van der Waals surface area contributed by atoms with Crippen LogP contribution >= 0.6 is 27.7 Å². The van der Waals surface area contributed by atoms with Crippen LogP contribution in [0.1, 0.15) is 18.5 Å². The molecule has 0 spiro atoms. The van der Waals surface area contributed by atoms with Crippen LogP contribution in [0.25, 0.3) is 0 Å². The second kappa shape index (κ2) is 5.67. The summed E-state index contributed by atoms with van der Waals surface area (Å²) in [5.41, 5.74) is 6.96. The molecule has 0 aliphatic rings. The molecule has 0 bridgehead atoms. The molecule has 2 nitrogen and oxygen atoms in total. The third kappa shape index (κ3) is 3.56. The van der Waals surface area contributed by atoms with Gasteiger partial charge in [0.1, 0.15) is 5.03 Å². The van der Waals surface area contributed by atoms with E-state index in [0.29, 0.717) is 0 Å². The SMILES string of the molecule is C[C@@H](N)c1ccc(Sc2ccc(Br)cn2)cc1. The van der Waals surface area contributed by atoms with Gasteiger partial charge in [0.15, 0.2) is 0 Å². The van der Waals surface area contributed by atoms with Crippen molar-refractivity contribution in [2.24, 2.45) is 5.73 Å². The molecule has 88 valence electrons. The zero-order chi connectivity index (χ0) is 12.3. The third-order valence-corrected chi connectivity index (χ3v) is 3.76. The van der Waals surface area contributed by atoms with Gasteiger partial charge in [-0.1, -0.05) is 23.9 Å². The Morgan fingerprint density at radius 3 is 2.41 bits per heavy atom. The van der Waals surface area contributed by atoms with Gasteiger partial charge in [-0.25, -0.2) is 4.98 Å².